The molecule has 0 aromatic heterocycles. The lowest BCUT2D eigenvalue weighted by Crippen LogP contribution is -2.46. The topological polar surface area (TPSA) is 38.3 Å². The van der Waals surface area contributed by atoms with Gasteiger partial charge in [0, 0.05) is 35.3 Å². The van der Waals surface area contributed by atoms with E-state index in [0.29, 0.717) is 16.5 Å². The summed E-state index contributed by atoms with van der Waals surface area (Å²) in [7, 11) is 1.34. The summed E-state index contributed by atoms with van der Waals surface area (Å²) < 4.78 is 17.9. The quantitative estimate of drug-likeness (QED) is 0.818. The van der Waals surface area contributed by atoms with E-state index in [-0.39, 0.29) is 0 Å². The first-order valence-corrected chi connectivity index (χ1v) is 7.75. The van der Waals surface area contributed by atoms with Gasteiger partial charge < -0.3 is 10.1 Å². The third-order valence-corrected chi connectivity index (χ3v) is 6.16. The normalized spacial score (nSPS) is 34.8. The fourth-order valence-corrected chi connectivity index (χ4v) is 5.01. The van der Waals surface area contributed by atoms with Gasteiger partial charge in [0.15, 0.2) is 0 Å². The molecule has 2 fully saturated rings. The average Bonchev–Trinajstić information content (AvgIpc) is 2.39. The highest BCUT2D eigenvalue weighted by Crippen LogP contribution is 2.27. The van der Waals surface area contributed by atoms with Gasteiger partial charge in [-0.05, 0) is 32.7 Å². The second-order valence-corrected chi connectivity index (χ2v) is 6.79. The molecule has 0 spiro atoms. The highest BCUT2D eigenvalue weighted by Gasteiger charge is 2.33. The molecule has 2 aliphatic rings. The van der Waals surface area contributed by atoms with E-state index in [0.717, 1.165) is 32.5 Å². The molecule has 3 unspecified atom stereocenters. The summed E-state index contributed by atoms with van der Waals surface area (Å²) in [5.74, 6) is 0. The zero-order chi connectivity index (χ0) is 11.4. The number of ether oxygens (including phenoxy) is 1. The van der Waals surface area contributed by atoms with E-state index in [9.17, 15) is 4.21 Å². The van der Waals surface area contributed by atoms with Crippen LogP contribution in [0.1, 0.15) is 38.5 Å². The van der Waals surface area contributed by atoms with Crippen molar-refractivity contribution in [2.45, 2.75) is 55.1 Å². The van der Waals surface area contributed by atoms with Crippen LogP contribution in [0, 0.1) is 0 Å². The standard InChI is InChI=1S/C12H23NO2S/c1-13-11-4-2-3-5-12(11)16(14)10-6-8-15-9-7-10/h10-13H,2-9H2,1H3. The number of hydrogen-bond donors (Lipinski definition) is 1. The van der Waals surface area contributed by atoms with Gasteiger partial charge in [-0.15, -0.1) is 0 Å². The van der Waals surface area contributed by atoms with Gasteiger partial charge >= 0.3 is 0 Å². The Bertz CT molecular complexity index is 241. The van der Waals surface area contributed by atoms with Crippen LogP contribution < -0.4 is 5.32 Å². The molecule has 94 valence electrons. The first-order chi connectivity index (χ1) is 7.83. The van der Waals surface area contributed by atoms with Crippen LogP contribution in [0.5, 0.6) is 0 Å². The minimum Gasteiger partial charge on any atom is -0.381 e. The summed E-state index contributed by atoms with van der Waals surface area (Å²) in [6, 6.07) is 0.470. The zero-order valence-electron chi connectivity index (χ0n) is 10.1. The molecule has 4 heteroatoms. The van der Waals surface area contributed by atoms with Crippen LogP contribution in [0.3, 0.4) is 0 Å². The van der Waals surface area contributed by atoms with E-state index in [4.69, 9.17) is 4.74 Å². The van der Waals surface area contributed by atoms with Gasteiger partial charge in [-0.2, -0.15) is 0 Å². The van der Waals surface area contributed by atoms with Gasteiger partial charge in [0.25, 0.3) is 0 Å². The Kier molecular flexibility index (Phi) is 4.79. The molecule has 1 aliphatic carbocycles. The van der Waals surface area contributed by atoms with Crippen LogP contribution >= 0.6 is 0 Å². The lowest BCUT2D eigenvalue weighted by molar-refractivity contribution is 0.0989. The lowest BCUT2D eigenvalue weighted by atomic mass is 9.95. The summed E-state index contributed by atoms with van der Waals surface area (Å²) in [6.45, 7) is 1.60. The molecular formula is C12H23NO2S. The van der Waals surface area contributed by atoms with Crippen LogP contribution in [-0.4, -0.2) is 41.0 Å². The van der Waals surface area contributed by atoms with Crippen LogP contribution in [0.25, 0.3) is 0 Å². The Labute approximate surface area is 101 Å². The van der Waals surface area contributed by atoms with Gasteiger partial charge in [0.1, 0.15) is 0 Å². The highest BCUT2D eigenvalue weighted by atomic mass is 32.2. The second-order valence-electron chi connectivity index (χ2n) is 4.86. The maximum atomic E-state index is 12.5. The minimum atomic E-state index is -0.665. The molecule has 1 saturated heterocycles. The Morgan fingerprint density at radius 3 is 2.50 bits per heavy atom. The minimum absolute atomic E-state index is 0.377. The van der Waals surface area contributed by atoms with Gasteiger partial charge in [0.2, 0.25) is 0 Å². The van der Waals surface area contributed by atoms with E-state index in [1.54, 1.807) is 0 Å². The Morgan fingerprint density at radius 1 is 1.12 bits per heavy atom. The molecule has 3 atom stereocenters. The molecule has 0 aromatic carbocycles. The Morgan fingerprint density at radius 2 is 1.81 bits per heavy atom. The Hall–Kier alpha value is 0.0700. The van der Waals surface area contributed by atoms with Crippen molar-refractivity contribution in [2.24, 2.45) is 0 Å². The van der Waals surface area contributed by atoms with Crippen molar-refractivity contribution in [2.75, 3.05) is 20.3 Å². The molecule has 16 heavy (non-hydrogen) atoms. The molecule has 1 N–H and O–H groups in total. The molecule has 1 heterocycles. The summed E-state index contributed by atoms with van der Waals surface area (Å²) in [5, 5.41) is 4.11. The summed E-state index contributed by atoms with van der Waals surface area (Å²) >= 11 is 0. The maximum Gasteiger partial charge on any atom is 0.0503 e. The first-order valence-electron chi connectivity index (χ1n) is 6.47. The van der Waals surface area contributed by atoms with E-state index in [2.05, 4.69) is 5.32 Å². The molecule has 1 aliphatic heterocycles. The van der Waals surface area contributed by atoms with Crippen LogP contribution in [0.2, 0.25) is 0 Å². The average molecular weight is 245 g/mol. The fourth-order valence-electron chi connectivity index (χ4n) is 2.86. The van der Waals surface area contributed by atoms with Crippen molar-refractivity contribution in [3.8, 4) is 0 Å². The van der Waals surface area contributed by atoms with Crippen LogP contribution in [0.4, 0.5) is 0 Å². The predicted molar refractivity (Wildman–Crippen MR) is 67.1 cm³/mol. The van der Waals surface area contributed by atoms with E-state index in [1.165, 1.54) is 19.3 Å². The summed E-state index contributed by atoms with van der Waals surface area (Å²) in [4.78, 5) is 0. The first kappa shape index (κ1) is 12.5. The molecule has 2 rings (SSSR count). The molecule has 0 bridgehead atoms. The molecule has 3 nitrogen and oxygen atoms in total. The largest absolute Gasteiger partial charge is 0.381 e. The van der Waals surface area contributed by atoms with Crippen molar-refractivity contribution in [3.63, 3.8) is 0 Å². The SMILES string of the molecule is CNC1CCCCC1S(=O)C1CCOCC1. The molecule has 0 radical (unpaired) electrons. The third-order valence-electron chi connectivity index (χ3n) is 3.87. The third kappa shape index (κ3) is 2.84. The van der Waals surface area contributed by atoms with Crippen molar-refractivity contribution >= 4 is 10.8 Å². The monoisotopic (exact) mass is 245 g/mol. The fraction of sp³-hybridized carbons (Fsp3) is 1.00. The van der Waals surface area contributed by atoms with Gasteiger partial charge in [-0.3, -0.25) is 4.21 Å². The van der Waals surface area contributed by atoms with Crippen molar-refractivity contribution in [3.05, 3.63) is 0 Å². The summed E-state index contributed by atoms with van der Waals surface area (Å²) in [6.07, 6.45) is 6.83. The van der Waals surface area contributed by atoms with Crippen LogP contribution in [0.15, 0.2) is 0 Å². The second kappa shape index (κ2) is 6.12. The highest BCUT2D eigenvalue weighted by molar-refractivity contribution is 7.86. The maximum absolute atomic E-state index is 12.5. The van der Waals surface area contributed by atoms with Crippen LogP contribution in [-0.2, 0) is 15.5 Å². The number of rotatable bonds is 3. The van der Waals surface area contributed by atoms with Gasteiger partial charge in [-0.25, -0.2) is 0 Å². The Balaban J connectivity index is 1.95. The van der Waals surface area contributed by atoms with Crippen molar-refractivity contribution < 1.29 is 8.95 Å². The number of nitrogens with one attached hydrogen (secondary N) is 1. The number of hydrogen-bond acceptors (Lipinski definition) is 3. The zero-order valence-corrected chi connectivity index (χ0v) is 10.9. The van der Waals surface area contributed by atoms with E-state index < -0.39 is 10.8 Å². The summed E-state index contributed by atoms with van der Waals surface area (Å²) in [5.41, 5.74) is 0. The molecule has 0 amide bonds. The van der Waals surface area contributed by atoms with E-state index in [1.807, 2.05) is 7.05 Å². The molecular weight excluding hydrogens is 222 g/mol. The van der Waals surface area contributed by atoms with Crippen molar-refractivity contribution in [1.82, 2.24) is 5.32 Å². The van der Waals surface area contributed by atoms with E-state index >= 15 is 0 Å². The smallest absolute Gasteiger partial charge is 0.0503 e. The van der Waals surface area contributed by atoms with Crippen molar-refractivity contribution in [1.29, 1.82) is 0 Å². The molecule has 1 saturated carbocycles. The van der Waals surface area contributed by atoms with Gasteiger partial charge in [0.05, 0.1) is 5.25 Å². The van der Waals surface area contributed by atoms with Gasteiger partial charge in [-0.1, -0.05) is 12.8 Å². The lowest BCUT2D eigenvalue weighted by Gasteiger charge is -2.34. The molecule has 0 aromatic rings. The predicted octanol–water partition coefficient (Wildman–Crippen LogP) is 1.44.